The molecule has 110 valence electrons. The molecule has 1 rings (SSSR count). The minimum atomic E-state index is -1.28. The molecule has 0 aromatic heterocycles. The van der Waals surface area contributed by atoms with E-state index < -0.39 is 12.7 Å². The summed E-state index contributed by atoms with van der Waals surface area (Å²) in [7, 11) is -1.28. The van der Waals surface area contributed by atoms with E-state index in [1.807, 2.05) is 20.8 Å². The second-order valence-corrected chi connectivity index (χ2v) is 6.56. The highest BCUT2D eigenvalue weighted by Crippen LogP contribution is 2.50. The van der Waals surface area contributed by atoms with Gasteiger partial charge in [0, 0.05) is 0 Å². The van der Waals surface area contributed by atoms with Crippen LogP contribution in [0.5, 0.6) is 0 Å². The van der Waals surface area contributed by atoms with Crippen LogP contribution in [0.25, 0.3) is 0 Å². The zero-order valence-corrected chi connectivity index (χ0v) is 12.2. The van der Waals surface area contributed by atoms with Crippen molar-refractivity contribution in [3.63, 3.8) is 0 Å². The van der Waals surface area contributed by atoms with Crippen molar-refractivity contribution in [3.8, 4) is 0 Å². The topological polar surface area (TPSA) is 92.8 Å². The summed E-state index contributed by atoms with van der Waals surface area (Å²) in [6.07, 6.45) is 3.45. The molecule has 1 aliphatic rings. The average molecular weight is 271 g/mol. The molecule has 0 heterocycles. The van der Waals surface area contributed by atoms with Crippen LogP contribution in [0.4, 0.5) is 0 Å². The number of esters is 1. The van der Waals surface area contributed by atoms with Crippen molar-refractivity contribution in [2.24, 2.45) is 17.1 Å². The molecule has 2 atom stereocenters. The summed E-state index contributed by atoms with van der Waals surface area (Å²) in [6, 6.07) is 0. The first-order valence-electron chi connectivity index (χ1n) is 6.99. The number of nitrogens with two attached hydrogens (primary N) is 1. The zero-order chi connectivity index (χ0) is 14.7. The fourth-order valence-corrected chi connectivity index (χ4v) is 2.72. The number of hydrogen-bond donors (Lipinski definition) is 3. The average Bonchev–Trinajstić information content (AvgIpc) is 2.19. The van der Waals surface area contributed by atoms with Crippen LogP contribution in [0.1, 0.15) is 46.5 Å². The Morgan fingerprint density at radius 3 is 2.47 bits per heavy atom. The van der Waals surface area contributed by atoms with E-state index in [0.29, 0.717) is 19.3 Å². The summed E-state index contributed by atoms with van der Waals surface area (Å²) < 4.78 is 5.43. The molecule has 19 heavy (non-hydrogen) atoms. The fourth-order valence-electron chi connectivity index (χ4n) is 2.72. The first kappa shape index (κ1) is 16.5. The minimum Gasteiger partial charge on any atom is -0.460 e. The summed E-state index contributed by atoms with van der Waals surface area (Å²) in [5.41, 5.74) is 5.16. The van der Waals surface area contributed by atoms with Crippen LogP contribution < -0.4 is 5.73 Å². The largest absolute Gasteiger partial charge is 0.460 e. The lowest BCUT2D eigenvalue weighted by atomic mass is 9.57. The Kier molecular flexibility index (Phi) is 5.41. The van der Waals surface area contributed by atoms with Gasteiger partial charge in [-0.1, -0.05) is 6.42 Å². The Balaban J connectivity index is 2.56. The normalized spacial score (nSPS) is 26.7. The van der Waals surface area contributed by atoms with Crippen molar-refractivity contribution in [2.45, 2.75) is 58.4 Å². The van der Waals surface area contributed by atoms with E-state index in [9.17, 15) is 4.79 Å². The molecule has 5 nitrogen and oxygen atoms in total. The van der Waals surface area contributed by atoms with Gasteiger partial charge in [0.25, 0.3) is 0 Å². The lowest BCUT2D eigenvalue weighted by molar-refractivity contribution is -0.172. The summed E-state index contributed by atoms with van der Waals surface area (Å²) in [4.78, 5) is 12.1. The maximum atomic E-state index is 12.1. The predicted octanol–water partition coefficient (Wildman–Crippen LogP) is 0.936. The van der Waals surface area contributed by atoms with Gasteiger partial charge in [-0.15, -0.1) is 0 Å². The smallest absolute Gasteiger partial charge is 0.451 e. The molecular formula is C13H26BNO4. The Morgan fingerprint density at radius 1 is 1.47 bits per heavy atom. The zero-order valence-electron chi connectivity index (χ0n) is 12.2. The lowest BCUT2D eigenvalue weighted by Gasteiger charge is -2.48. The van der Waals surface area contributed by atoms with Gasteiger partial charge in [-0.05, 0) is 58.3 Å². The van der Waals surface area contributed by atoms with Gasteiger partial charge in [0.1, 0.15) is 5.60 Å². The van der Waals surface area contributed by atoms with E-state index in [1.54, 1.807) is 0 Å². The molecule has 1 saturated carbocycles. The maximum Gasteiger partial charge on any atom is 0.451 e. The Hall–Kier alpha value is -0.585. The summed E-state index contributed by atoms with van der Waals surface area (Å²) >= 11 is 0. The van der Waals surface area contributed by atoms with Gasteiger partial charge in [-0.3, -0.25) is 4.79 Å². The number of ether oxygens (including phenoxy) is 1. The van der Waals surface area contributed by atoms with Gasteiger partial charge in [0.2, 0.25) is 0 Å². The van der Waals surface area contributed by atoms with Crippen molar-refractivity contribution >= 4 is 13.1 Å². The highest BCUT2D eigenvalue weighted by atomic mass is 16.6. The molecule has 0 aromatic carbocycles. The molecule has 1 aliphatic carbocycles. The molecule has 0 saturated heterocycles. The molecule has 0 amide bonds. The lowest BCUT2D eigenvalue weighted by Crippen LogP contribution is -2.51. The standard InChI is InChI=1S/C13H26BNO4/c1-12(2,3)19-11(16)10-5-7-13(10,9-15)6-4-8-14(17)18/h10,17-18H,4-9,15H2,1-3H3/t10-,13-/m1/s1. The van der Waals surface area contributed by atoms with Crippen LogP contribution in [-0.2, 0) is 9.53 Å². The number of carbonyl (C=O) groups excluding carboxylic acids is 1. The summed E-state index contributed by atoms with van der Waals surface area (Å²) in [5.74, 6) is -0.318. The summed E-state index contributed by atoms with van der Waals surface area (Å²) in [5, 5.41) is 17.7. The highest BCUT2D eigenvalue weighted by Gasteiger charge is 2.50. The second-order valence-electron chi connectivity index (χ2n) is 6.56. The van der Waals surface area contributed by atoms with Gasteiger partial charge >= 0.3 is 13.1 Å². The molecule has 6 heteroatoms. The molecule has 0 bridgehead atoms. The van der Waals surface area contributed by atoms with Gasteiger partial charge in [0.15, 0.2) is 0 Å². The monoisotopic (exact) mass is 271 g/mol. The Labute approximate surface area is 115 Å². The number of hydrogen-bond acceptors (Lipinski definition) is 5. The van der Waals surface area contributed by atoms with Gasteiger partial charge < -0.3 is 20.5 Å². The molecule has 0 aromatic rings. The molecular weight excluding hydrogens is 245 g/mol. The molecule has 0 unspecified atom stereocenters. The van der Waals surface area contributed by atoms with Crippen molar-refractivity contribution in [2.75, 3.05) is 6.54 Å². The Bertz CT molecular complexity index is 312. The van der Waals surface area contributed by atoms with E-state index in [0.717, 1.165) is 19.3 Å². The van der Waals surface area contributed by atoms with Crippen LogP contribution in [0.2, 0.25) is 6.32 Å². The van der Waals surface area contributed by atoms with Crippen LogP contribution in [0.15, 0.2) is 0 Å². The van der Waals surface area contributed by atoms with Gasteiger partial charge in [-0.25, -0.2) is 0 Å². The first-order valence-corrected chi connectivity index (χ1v) is 6.99. The number of rotatable bonds is 6. The molecule has 0 aliphatic heterocycles. The third-order valence-electron chi connectivity index (χ3n) is 3.90. The first-order chi connectivity index (χ1) is 8.70. The van der Waals surface area contributed by atoms with Gasteiger partial charge in [0.05, 0.1) is 5.92 Å². The van der Waals surface area contributed by atoms with Crippen molar-refractivity contribution in [1.29, 1.82) is 0 Å². The molecule has 4 N–H and O–H groups in total. The second kappa shape index (κ2) is 6.24. The van der Waals surface area contributed by atoms with E-state index in [1.165, 1.54) is 0 Å². The van der Waals surface area contributed by atoms with Crippen LogP contribution in [0.3, 0.4) is 0 Å². The Morgan fingerprint density at radius 2 is 2.11 bits per heavy atom. The van der Waals surface area contributed by atoms with E-state index in [4.69, 9.17) is 20.5 Å². The van der Waals surface area contributed by atoms with Crippen LogP contribution >= 0.6 is 0 Å². The van der Waals surface area contributed by atoms with E-state index in [2.05, 4.69) is 0 Å². The SMILES string of the molecule is CC(C)(C)OC(=O)[C@H]1CC[C@@]1(CN)CCCB(O)O. The molecule has 0 radical (unpaired) electrons. The number of carbonyl (C=O) groups is 1. The third-order valence-corrected chi connectivity index (χ3v) is 3.90. The van der Waals surface area contributed by atoms with Gasteiger partial charge in [-0.2, -0.15) is 0 Å². The fraction of sp³-hybridized carbons (Fsp3) is 0.923. The van der Waals surface area contributed by atoms with Crippen molar-refractivity contribution in [1.82, 2.24) is 0 Å². The highest BCUT2D eigenvalue weighted by molar-refractivity contribution is 6.40. The van der Waals surface area contributed by atoms with E-state index >= 15 is 0 Å². The quantitative estimate of drug-likeness (QED) is 0.493. The maximum absolute atomic E-state index is 12.1. The molecule has 1 fully saturated rings. The van der Waals surface area contributed by atoms with Crippen LogP contribution in [0, 0.1) is 11.3 Å². The predicted molar refractivity (Wildman–Crippen MR) is 74.3 cm³/mol. The minimum absolute atomic E-state index is 0.146. The molecule has 0 spiro atoms. The van der Waals surface area contributed by atoms with Crippen LogP contribution in [-0.4, -0.2) is 35.3 Å². The van der Waals surface area contributed by atoms with E-state index in [-0.39, 0.29) is 17.3 Å². The summed E-state index contributed by atoms with van der Waals surface area (Å²) in [6.45, 7) is 6.01. The van der Waals surface area contributed by atoms with Crippen molar-refractivity contribution < 1.29 is 19.6 Å². The third kappa shape index (κ3) is 4.47. The van der Waals surface area contributed by atoms with Crippen molar-refractivity contribution in [3.05, 3.63) is 0 Å².